The lowest BCUT2D eigenvalue weighted by atomic mass is 10.1. The van der Waals surface area contributed by atoms with Gasteiger partial charge in [0.05, 0.1) is 0 Å². The van der Waals surface area contributed by atoms with Gasteiger partial charge in [0.1, 0.15) is 0 Å². The SMILES string of the molecule is CC1CC1C(CCc1cccs1)NN. The maximum atomic E-state index is 5.57. The van der Waals surface area contributed by atoms with Gasteiger partial charge in [0, 0.05) is 10.9 Å². The number of aryl methyl sites for hydroxylation is 1. The molecule has 0 amide bonds. The number of nitrogens with two attached hydrogens (primary N) is 1. The predicted octanol–water partition coefficient (Wildman–Crippen LogP) is 2.17. The van der Waals surface area contributed by atoms with Crippen molar-refractivity contribution >= 4 is 11.3 Å². The van der Waals surface area contributed by atoms with Crippen LogP contribution in [0.4, 0.5) is 0 Å². The molecule has 0 aromatic carbocycles. The zero-order chi connectivity index (χ0) is 9.97. The molecule has 14 heavy (non-hydrogen) atoms. The Morgan fingerprint density at radius 3 is 3.00 bits per heavy atom. The lowest BCUT2D eigenvalue weighted by Crippen LogP contribution is -2.37. The van der Waals surface area contributed by atoms with E-state index in [9.17, 15) is 0 Å². The second-order valence-corrected chi connectivity index (χ2v) is 5.30. The zero-order valence-corrected chi connectivity index (χ0v) is 9.39. The Bertz CT molecular complexity index is 271. The van der Waals surface area contributed by atoms with Crippen LogP contribution in [0, 0.1) is 11.8 Å². The largest absolute Gasteiger partial charge is 0.271 e. The number of hydrazine groups is 1. The van der Waals surface area contributed by atoms with Crippen LogP contribution in [0.15, 0.2) is 17.5 Å². The van der Waals surface area contributed by atoms with E-state index in [1.54, 1.807) is 0 Å². The predicted molar refractivity (Wildman–Crippen MR) is 61.0 cm³/mol. The van der Waals surface area contributed by atoms with E-state index in [0.29, 0.717) is 6.04 Å². The van der Waals surface area contributed by atoms with Crippen molar-refractivity contribution in [1.82, 2.24) is 5.43 Å². The van der Waals surface area contributed by atoms with E-state index in [2.05, 4.69) is 29.9 Å². The highest BCUT2D eigenvalue weighted by Gasteiger charge is 2.38. The van der Waals surface area contributed by atoms with Crippen LogP contribution in [0.1, 0.15) is 24.6 Å². The standard InChI is InChI=1S/C11H18N2S/c1-8-7-10(8)11(13-12)5-4-9-3-2-6-14-9/h2-3,6,8,10-11,13H,4-5,7,12H2,1H3. The first kappa shape index (κ1) is 10.1. The van der Waals surface area contributed by atoms with Crippen LogP contribution in [0.2, 0.25) is 0 Å². The van der Waals surface area contributed by atoms with Crippen LogP contribution in [-0.2, 0) is 6.42 Å². The lowest BCUT2D eigenvalue weighted by molar-refractivity contribution is 0.431. The van der Waals surface area contributed by atoms with Gasteiger partial charge in [-0.2, -0.15) is 0 Å². The fourth-order valence-corrected chi connectivity index (χ4v) is 2.81. The molecule has 1 saturated carbocycles. The summed E-state index contributed by atoms with van der Waals surface area (Å²) in [5.41, 5.74) is 2.96. The van der Waals surface area contributed by atoms with Gasteiger partial charge in [-0.25, -0.2) is 0 Å². The van der Waals surface area contributed by atoms with Crippen LogP contribution >= 0.6 is 11.3 Å². The van der Waals surface area contributed by atoms with Gasteiger partial charge < -0.3 is 0 Å². The van der Waals surface area contributed by atoms with Crippen molar-refractivity contribution in [2.75, 3.05) is 0 Å². The number of rotatable bonds is 5. The number of nitrogens with one attached hydrogen (secondary N) is 1. The molecule has 1 aromatic heterocycles. The zero-order valence-electron chi connectivity index (χ0n) is 8.57. The molecule has 2 rings (SSSR count). The van der Waals surface area contributed by atoms with E-state index in [0.717, 1.165) is 18.3 Å². The molecule has 3 heteroatoms. The first-order chi connectivity index (χ1) is 6.81. The second-order valence-electron chi connectivity index (χ2n) is 4.27. The second kappa shape index (κ2) is 4.43. The minimum Gasteiger partial charge on any atom is -0.271 e. The monoisotopic (exact) mass is 210 g/mol. The summed E-state index contributed by atoms with van der Waals surface area (Å²) in [6.07, 6.45) is 3.68. The molecule has 3 unspecified atom stereocenters. The molecule has 2 nitrogen and oxygen atoms in total. The highest BCUT2D eigenvalue weighted by Crippen LogP contribution is 2.41. The average molecular weight is 210 g/mol. The topological polar surface area (TPSA) is 38.0 Å². The van der Waals surface area contributed by atoms with E-state index >= 15 is 0 Å². The van der Waals surface area contributed by atoms with Crippen molar-refractivity contribution in [3.63, 3.8) is 0 Å². The summed E-state index contributed by atoms with van der Waals surface area (Å²) in [6, 6.07) is 4.84. The van der Waals surface area contributed by atoms with E-state index in [4.69, 9.17) is 5.84 Å². The lowest BCUT2D eigenvalue weighted by Gasteiger charge is -2.14. The number of hydrogen-bond acceptors (Lipinski definition) is 3. The summed E-state index contributed by atoms with van der Waals surface area (Å²) in [7, 11) is 0. The first-order valence-corrected chi connectivity index (χ1v) is 6.17. The van der Waals surface area contributed by atoms with Crippen molar-refractivity contribution in [3.05, 3.63) is 22.4 Å². The van der Waals surface area contributed by atoms with Gasteiger partial charge in [-0.3, -0.25) is 11.3 Å². The molecule has 1 aliphatic carbocycles. The van der Waals surface area contributed by atoms with Crippen LogP contribution in [0.5, 0.6) is 0 Å². The number of thiophene rings is 1. The summed E-state index contributed by atoms with van der Waals surface area (Å²) in [6.45, 7) is 2.31. The summed E-state index contributed by atoms with van der Waals surface area (Å²) in [5.74, 6) is 7.26. The molecule has 3 atom stereocenters. The Morgan fingerprint density at radius 2 is 2.50 bits per heavy atom. The Balaban J connectivity index is 1.78. The molecule has 0 aliphatic heterocycles. The smallest absolute Gasteiger partial charge is 0.0244 e. The van der Waals surface area contributed by atoms with Gasteiger partial charge >= 0.3 is 0 Å². The van der Waals surface area contributed by atoms with Crippen LogP contribution in [-0.4, -0.2) is 6.04 Å². The first-order valence-electron chi connectivity index (χ1n) is 5.29. The molecular weight excluding hydrogens is 192 g/mol. The highest BCUT2D eigenvalue weighted by atomic mass is 32.1. The molecule has 0 radical (unpaired) electrons. The van der Waals surface area contributed by atoms with Crippen molar-refractivity contribution < 1.29 is 0 Å². The Hall–Kier alpha value is -0.380. The summed E-state index contributed by atoms with van der Waals surface area (Å²) < 4.78 is 0. The van der Waals surface area contributed by atoms with Gasteiger partial charge in [0.2, 0.25) is 0 Å². The van der Waals surface area contributed by atoms with Gasteiger partial charge in [0.15, 0.2) is 0 Å². The summed E-state index contributed by atoms with van der Waals surface area (Å²) >= 11 is 1.84. The van der Waals surface area contributed by atoms with E-state index < -0.39 is 0 Å². The Morgan fingerprint density at radius 1 is 1.71 bits per heavy atom. The van der Waals surface area contributed by atoms with Crippen LogP contribution in [0.25, 0.3) is 0 Å². The number of hydrogen-bond donors (Lipinski definition) is 2. The maximum absolute atomic E-state index is 5.57. The third-order valence-corrected chi connectivity index (χ3v) is 4.12. The molecular formula is C11H18N2S. The van der Waals surface area contributed by atoms with E-state index in [1.807, 2.05) is 11.3 Å². The Labute approximate surface area is 89.5 Å². The van der Waals surface area contributed by atoms with E-state index in [1.165, 1.54) is 17.7 Å². The Kier molecular flexibility index (Phi) is 3.21. The van der Waals surface area contributed by atoms with Crippen LogP contribution < -0.4 is 11.3 Å². The molecule has 0 saturated heterocycles. The third kappa shape index (κ3) is 2.35. The molecule has 1 aromatic rings. The average Bonchev–Trinajstić information content (AvgIpc) is 2.69. The van der Waals surface area contributed by atoms with Gasteiger partial charge in [-0.05, 0) is 42.5 Å². The minimum atomic E-state index is 0.520. The quantitative estimate of drug-likeness (QED) is 0.577. The van der Waals surface area contributed by atoms with Crippen molar-refractivity contribution in [2.45, 2.75) is 32.2 Å². The van der Waals surface area contributed by atoms with Crippen molar-refractivity contribution in [2.24, 2.45) is 17.7 Å². The maximum Gasteiger partial charge on any atom is 0.0244 e. The normalized spacial score (nSPS) is 27.6. The fraction of sp³-hybridized carbons (Fsp3) is 0.636. The molecule has 78 valence electrons. The highest BCUT2D eigenvalue weighted by molar-refractivity contribution is 7.09. The van der Waals surface area contributed by atoms with Crippen molar-refractivity contribution in [1.29, 1.82) is 0 Å². The fourth-order valence-electron chi connectivity index (χ4n) is 2.09. The molecule has 1 fully saturated rings. The minimum absolute atomic E-state index is 0.520. The van der Waals surface area contributed by atoms with Crippen LogP contribution in [0.3, 0.4) is 0 Å². The molecule has 0 spiro atoms. The molecule has 0 bridgehead atoms. The van der Waals surface area contributed by atoms with Gasteiger partial charge in [-0.1, -0.05) is 13.0 Å². The molecule has 3 N–H and O–H groups in total. The summed E-state index contributed by atoms with van der Waals surface area (Å²) in [4.78, 5) is 1.47. The molecule has 1 heterocycles. The van der Waals surface area contributed by atoms with Gasteiger partial charge in [0.25, 0.3) is 0 Å². The third-order valence-electron chi connectivity index (χ3n) is 3.18. The molecule has 1 aliphatic rings. The van der Waals surface area contributed by atoms with E-state index in [-0.39, 0.29) is 0 Å². The van der Waals surface area contributed by atoms with Gasteiger partial charge in [-0.15, -0.1) is 11.3 Å². The van der Waals surface area contributed by atoms with Crippen molar-refractivity contribution in [3.8, 4) is 0 Å². The summed E-state index contributed by atoms with van der Waals surface area (Å²) in [5, 5.41) is 2.14.